The summed E-state index contributed by atoms with van der Waals surface area (Å²) >= 11 is 6.66. The first-order valence-corrected chi connectivity index (χ1v) is 12.2. The van der Waals surface area contributed by atoms with Gasteiger partial charge in [-0.3, -0.25) is 4.79 Å². The van der Waals surface area contributed by atoms with E-state index in [0.29, 0.717) is 29.9 Å². The Hall–Kier alpha value is -3.44. The number of hydrogen-bond donors (Lipinski definition) is 3. The third-order valence-electron chi connectivity index (χ3n) is 5.71. The highest BCUT2D eigenvalue weighted by Gasteiger charge is 2.29. The summed E-state index contributed by atoms with van der Waals surface area (Å²) in [7, 11) is 0. The molecule has 3 rings (SSSR count). The van der Waals surface area contributed by atoms with Crippen LogP contribution in [0.25, 0.3) is 11.1 Å². The number of allylic oxidation sites excluding steroid dienone is 5. The smallest absolute Gasteiger partial charge is 0.245 e. The van der Waals surface area contributed by atoms with Crippen molar-refractivity contribution in [1.29, 1.82) is 0 Å². The molecule has 2 aromatic rings. The molecule has 35 heavy (non-hydrogen) atoms. The minimum absolute atomic E-state index is 0.0287. The zero-order valence-corrected chi connectivity index (χ0v) is 21.3. The maximum Gasteiger partial charge on any atom is 0.245 e. The maximum atomic E-state index is 11.7. The van der Waals surface area contributed by atoms with Crippen LogP contribution in [0.3, 0.4) is 0 Å². The van der Waals surface area contributed by atoms with E-state index in [1.54, 1.807) is 23.1 Å². The fourth-order valence-corrected chi connectivity index (χ4v) is 4.00. The third-order valence-corrected chi connectivity index (χ3v) is 6.02. The number of carbonyl (C=O) groups is 1. The van der Waals surface area contributed by atoms with Crippen LogP contribution in [-0.2, 0) is 4.79 Å². The van der Waals surface area contributed by atoms with E-state index in [1.807, 2.05) is 43.5 Å². The Morgan fingerprint density at radius 2 is 2.00 bits per heavy atom. The number of carbonyl (C=O) groups excluding carboxylic acids is 1. The molecule has 184 valence electrons. The summed E-state index contributed by atoms with van der Waals surface area (Å²) < 4.78 is 0. The lowest BCUT2D eigenvalue weighted by Crippen LogP contribution is -2.51. The van der Waals surface area contributed by atoms with Gasteiger partial charge in [-0.15, -0.1) is 0 Å². The Labute approximate surface area is 213 Å². The number of nitrogens with zero attached hydrogens (tertiary/aromatic N) is 1. The number of likely N-dealkylation sites (tertiary alicyclic amines) is 1. The van der Waals surface area contributed by atoms with Gasteiger partial charge in [0.2, 0.25) is 5.91 Å². The molecule has 5 nitrogen and oxygen atoms in total. The standard InChI is InChI=1S/C29H34ClN3O2/c1-5-29(35)33-18-22(19-33)17-32-28-15-26(30)25(23-11-8-12-24(34)13-23)14-27(28)31-16-21(4)10-7-6-9-20(2)3/h5-16,20,22,31-32,34H,1,17-19H2,2-4H3/b9-6+,10-7-,21-16+. The quantitative estimate of drug-likeness (QED) is 0.251. The minimum Gasteiger partial charge on any atom is -0.508 e. The van der Waals surface area contributed by atoms with Crippen molar-refractivity contribution in [2.75, 3.05) is 30.3 Å². The third kappa shape index (κ3) is 7.52. The van der Waals surface area contributed by atoms with Crippen molar-refractivity contribution in [2.45, 2.75) is 20.8 Å². The van der Waals surface area contributed by atoms with E-state index in [-0.39, 0.29) is 11.7 Å². The number of amides is 1. The topological polar surface area (TPSA) is 64.6 Å². The van der Waals surface area contributed by atoms with Crippen molar-refractivity contribution >= 4 is 28.9 Å². The van der Waals surface area contributed by atoms with Gasteiger partial charge in [0.05, 0.1) is 16.4 Å². The van der Waals surface area contributed by atoms with Gasteiger partial charge in [0.25, 0.3) is 0 Å². The van der Waals surface area contributed by atoms with E-state index in [1.165, 1.54) is 6.08 Å². The molecule has 0 saturated carbocycles. The van der Waals surface area contributed by atoms with Crippen molar-refractivity contribution in [1.82, 2.24) is 4.90 Å². The zero-order valence-electron chi connectivity index (χ0n) is 20.6. The Balaban J connectivity index is 1.80. The van der Waals surface area contributed by atoms with Crippen LogP contribution < -0.4 is 10.6 Å². The molecule has 0 atom stereocenters. The lowest BCUT2D eigenvalue weighted by Gasteiger charge is -2.39. The molecule has 2 aromatic carbocycles. The minimum atomic E-state index is -0.0287. The number of rotatable bonds is 10. The Morgan fingerprint density at radius 1 is 1.23 bits per heavy atom. The molecule has 3 N–H and O–H groups in total. The van der Waals surface area contributed by atoms with E-state index in [2.05, 4.69) is 43.2 Å². The number of phenolic OH excluding ortho intramolecular Hbond substituents is 1. The first-order chi connectivity index (χ1) is 16.8. The molecule has 0 spiro atoms. The van der Waals surface area contributed by atoms with Crippen LogP contribution in [0, 0.1) is 11.8 Å². The van der Waals surface area contributed by atoms with Crippen molar-refractivity contribution in [3.63, 3.8) is 0 Å². The summed E-state index contributed by atoms with van der Waals surface area (Å²) in [5.41, 5.74) is 4.47. The fraction of sp³-hybridized carbons (Fsp3) is 0.276. The van der Waals surface area contributed by atoms with E-state index in [0.717, 1.165) is 34.6 Å². The molecule has 0 aromatic heterocycles. The van der Waals surface area contributed by atoms with Gasteiger partial charge in [0, 0.05) is 37.3 Å². The number of benzene rings is 2. The SMILES string of the molecule is C=CC(=O)N1CC(CNc2cc(Cl)c(-c3cccc(O)c3)cc2N/C=C(C)/C=C\C=C\C(C)C)C1. The predicted octanol–water partition coefficient (Wildman–Crippen LogP) is 6.85. The normalized spacial score (nSPS) is 14.5. The number of nitrogens with one attached hydrogen (secondary N) is 2. The summed E-state index contributed by atoms with van der Waals surface area (Å²) in [5.74, 6) is 1.04. The van der Waals surface area contributed by atoms with Gasteiger partial charge in [-0.1, -0.05) is 68.5 Å². The highest BCUT2D eigenvalue weighted by atomic mass is 35.5. The van der Waals surface area contributed by atoms with Crippen LogP contribution in [0.2, 0.25) is 5.02 Å². The van der Waals surface area contributed by atoms with Crippen molar-refractivity contribution in [3.05, 3.63) is 90.2 Å². The van der Waals surface area contributed by atoms with Gasteiger partial charge in [0.15, 0.2) is 0 Å². The van der Waals surface area contributed by atoms with Gasteiger partial charge >= 0.3 is 0 Å². The predicted molar refractivity (Wildman–Crippen MR) is 148 cm³/mol. The van der Waals surface area contributed by atoms with Crippen molar-refractivity contribution in [2.24, 2.45) is 11.8 Å². The average Bonchev–Trinajstić information content (AvgIpc) is 2.79. The molecule has 1 heterocycles. The molecule has 1 aliphatic rings. The molecule has 1 aliphatic heterocycles. The van der Waals surface area contributed by atoms with Crippen LogP contribution in [-0.4, -0.2) is 35.5 Å². The summed E-state index contributed by atoms with van der Waals surface area (Å²) in [6.45, 7) is 12.0. The van der Waals surface area contributed by atoms with Crippen LogP contribution in [0.1, 0.15) is 20.8 Å². The number of phenols is 1. The summed E-state index contributed by atoms with van der Waals surface area (Å²) in [6.07, 6.45) is 11.6. The van der Waals surface area contributed by atoms with Crippen LogP contribution in [0.5, 0.6) is 5.75 Å². The van der Waals surface area contributed by atoms with Crippen LogP contribution >= 0.6 is 11.6 Å². The average molecular weight is 492 g/mol. The highest BCUT2D eigenvalue weighted by molar-refractivity contribution is 6.34. The molecule has 1 fully saturated rings. The summed E-state index contributed by atoms with van der Waals surface area (Å²) in [6, 6.07) is 10.9. The van der Waals surface area contributed by atoms with Crippen LogP contribution in [0.15, 0.2) is 85.1 Å². The molecular weight excluding hydrogens is 458 g/mol. The molecule has 0 unspecified atom stereocenters. The van der Waals surface area contributed by atoms with Crippen molar-refractivity contribution in [3.8, 4) is 16.9 Å². The van der Waals surface area contributed by atoms with Gasteiger partial charge in [-0.25, -0.2) is 0 Å². The van der Waals surface area contributed by atoms with E-state index in [4.69, 9.17) is 11.6 Å². The molecule has 0 bridgehead atoms. The van der Waals surface area contributed by atoms with Gasteiger partial charge in [0.1, 0.15) is 5.75 Å². The van der Waals surface area contributed by atoms with Crippen LogP contribution in [0.4, 0.5) is 11.4 Å². The number of aromatic hydroxyl groups is 1. The second-order valence-corrected chi connectivity index (χ2v) is 9.55. The lowest BCUT2D eigenvalue weighted by atomic mass is 9.99. The van der Waals surface area contributed by atoms with Gasteiger partial charge in [-0.05, 0) is 54.3 Å². The highest BCUT2D eigenvalue weighted by Crippen LogP contribution is 2.37. The second kappa shape index (κ2) is 12.3. The Bertz CT molecular complexity index is 1140. The molecule has 6 heteroatoms. The molecule has 1 saturated heterocycles. The summed E-state index contributed by atoms with van der Waals surface area (Å²) in [5, 5.41) is 17.4. The maximum absolute atomic E-state index is 11.7. The molecule has 0 aliphatic carbocycles. The van der Waals surface area contributed by atoms with Crippen molar-refractivity contribution < 1.29 is 9.90 Å². The zero-order chi connectivity index (χ0) is 25.4. The number of halogens is 1. The molecule has 0 radical (unpaired) electrons. The second-order valence-electron chi connectivity index (χ2n) is 9.14. The van der Waals surface area contributed by atoms with Gasteiger partial charge in [-0.2, -0.15) is 0 Å². The number of hydrogen-bond acceptors (Lipinski definition) is 4. The first-order valence-electron chi connectivity index (χ1n) is 11.8. The fourth-order valence-electron chi connectivity index (χ4n) is 3.73. The Kier molecular flexibility index (Phi) is 9.21. The molecule has 1 amide bonds. The summed E-state index contributed by atoms with van der Waals surface area (Å²) in [4.78, 5) is 13.5. The monoisotopic (exact) mass is 491 g/mol. The van der Waals surface area contributed by atoms with E-state index in [9.17, 15) is 9.90 Å². The Morgan fingerprint density at radius 3 is 2.69 bits per heavy atom. The largest absolute Gasteiger partial charge is 0.508 e. The number of anilines is 2. The van der Waals surface area contributed by atoms with E-state index < -0.39 is 0 Å². The van der Waals surface area contributed by atoms with E-state index >= 15 is 0 Å². The first kappa shape index (κ1) is 26.2. The van der Waals surface area contributed by atoms with Gasteiger partial charge < -0.3 is 20.6 Å². The lowest BCUT2D eigenvalue weighted by molar-refractivity contribution is -0.131. The molecular formula is C29H34ClN3O2.